The molecule has 0 bridgehead atoms. The summed E-state index contributed by atoms with van der Waals surface area (Å²) in [6, 6.07) is 0. The number of ether oxygens (including phenoxy) is 1. The van der Waals surface area contributed by atoms with Crippen LogP contribution in [0, 0.1) is 5.41 Å². The van der Waals surface area contributed by atoms with Gasteiger partial charge in [0.05, 0.1) is 12.0 Å². The molecule has 1 rings (SSSR count). The third-order valence-electron chi connectivity index (χ3n) is 2.53. The van der Waals surface area contributed by atoms with Gasteiger partial charge in [-0.05, 0) is 19.8 Å². The maximum absolute atomic E-state index is 11.2. The highest BCUT2D eigenvalue weighted by molar-refractivity contribution is 5.84. The molecule has 1 amide bonds. The van der Waals surface area contributed by atoms with Crippen molar-refractivity contribution in [2.75, 3.05) is 13.2 Å². The molecule has 68 valence electrons. The molecule has 0 aliphatic carbocycles. The van der Waals surface area contributed by atoms with E-state index in [4.69, 9.17) is 10.5 Å². The Morgan fingerprint density at radius 1 is 1.67 bits per heavy atom. The van der Waals surface area contributed by atoms with Crippen LogP contribution in [0.25, 0.3) is 0 Å². The van der Waals surface area contributed by atoms with E-state index in [-0.39, 0.29) is 5.91 Å². The van der Waals surface area contributed by atoms with Crippen LogP contribution in [0.2, 0.25) is 0 Å². The Bertz CT molecular complexity index is 189. The zero-order valence-electron chi connectivity index (χ0n) is 7.43. The Hall–Kier alpha value is -0.830. The van der Waals surface area contributed by atoms with Gasteiger partial charge in [0.15, 0.2) is 0 Å². The Morgan fingerprint density at radius 3 is 2.58 bits per heavy atom. The van der Waals surface area contributed by atoms with Gasteiger partial charge in [-0.1, -0.05) is 12.2 Å². The van der Waals surface area contributed by atoms with Crippen molar-refractivity contribution in [1.82, 2.24) is 0 Å². The summed E-state index contributed by atoms with van der Waals surface area (Å²) in [5.74, 6) is -0.310. The molecule has 0 radical (unpaired) electrons. The lowest BCUT2D eigenvalue weighted by Gasteiger charge is -2.34. The molecule has 1 unspecified atom stereocenters. The Morgan fingerprint density at radius 2 is 2.33 bits per heavy atom. The molecule has 3 heteroatoms. The molecule has 1 heterocycles. The highest BCUT2D eigenvalue weighted by atomic mass is 16.5. The van der Waals surface area contributed by atoms with E-state index in [9.17, 15) is 4.79 Å². The van der Waals surface area contributed by atoms with Gasteiger partial charge in [0.25, 0.3) is 0 Å². The standard InChI is InChI=1S/C9H15NO2/c1-7(2)9(8(10)11)4-3-5-12-6-9/h1,3-6H2,2H3,(H2,10,11). The van der Waals surface area contributed by atoms with Gasteiger partial charge in [0.2, 0.25) is 5.91 Å². The largest absolute Gasteiger partial charge is 0.380 e. The zero-order chi connectivity index (χ0) is 9.19. The average molecular weight is 169 g/mol. The van der Waals surface area contributed by atoms with Crippen LogP contribution in [0.3, 0.4) is 0 Å². The van der Waals surface area contributed by atoms with Crippen LogP contribution in [-0.2, 0) is 9.53 Å². The topological polar surface area (TPSA) is 52.3 Å². The molecule has 1 aliphatic heterocycles. The van der Waals surface area contributed by atoms with Gasteiger partial charge in [0.1, 0.15) is 0 Å². The molecule has 12 heavy (non-hydrogen) atoms. The van der Waals surface area contributed by atoms with Crippen LogP contribution >= 0.6 is 0 Å². The van der Waals surface area contributed by atoms with Gasteiger partial charge in [-0.15, -0.1) is 0 Å². The van der Waals surface area contributed by atoms with Crippen molar-refractivity contribution < 1.29 is 9.53 Å². The maximum Gasteiger partial charge on any atom is 0.230 e. The first-order chi connectivity index (χ1) is 5.59. The molecule has 0 aromatic heterocycles. The van der Waals surface area contributed by atoms with Gasteiger partial charge in [-0.25, -0.2) is 0 Å². The molecule has 2 N–H and O–H groups in total. The third-order valence-corrected chi connectivity index (χ3v) is 2.53. The van der Waals surface area contributed by atoms with E-state index in [1.807, 2.05) is 6.92 Å². The van der Waals surface area contributed by atoms with Crippen molar-refractivity contribution >= 4 is 5.91 Å². The molecule has 0 spiro atoms. The smallest absolute Gasteiger partial charge is 0.230 e. The van der Waals surface area contributed by atoms with E-state index in [1.165, 1.54) is 0 Å². The van der Waals surface area contributed by atoms with Crippen LogP contribution in [0.5, 0.6) is 0 Å². The number of rotatable bonds is 2. The van der Waals surface area contributed by atoms with Crippen LogP contribution < -0.4 is 5.73 Å². The van der Waals surface area contributed by atoms with Crippen molar-refractivity contribution in [3.05, 3.63) is 12.2 Å². The van der Waals surface area contributed by atoms with E-state index in [1.54, 1.807) is 0 Å². The lowest BCUT2D eigenvalue weighted by molar-refractivity contribution is -0.132. The second-order valence-corrected chi connectivity index (χ2v) is 3.38. The number of hydrogen-bond acceptors (Lipinski definition) is 2. The number of nitrogens with two attached hydrogens (primary N) is 1. The Kier molecular flexibility index (Phi) is 2.52. The first-order valence-electron chi connectivity index (χ1n) is 4.13. The SMILES string of the molecule is C=C(C)C1(C(N)=O)CCCOC1. The van der Waals surface area contributed by atoms with E-state index >= 15 is 0 Å². The Labute approximate surface area is 72.6 Å². The van der Waals surface area contributed by atoms with Gasteiger partial charge in [-0.2, -0.15) is 0 Å². The molecule has 0 saturated carbocycles. The maximum atomic E-state index is 11.2. The normalized spacial score (nSPS) is 29.8. The average Bonchev–Trinajstić information content (AvgIpc) is 2.05. The van der Waals surface area contributed by atoms with Crippen molar-refractivity contribution in [3.8, 4) is 0 Å². The molecule has 1 atom stereocenters. The van der Waals surface area contributed by atoms with Crippen LogP contribution in [0.15, 0.2) is 12.2 Å². The highest BCUT2D eigenvalue weighted by Gasteiger charge is 2.39. The van der Waals surface area contributed by atoms with Crippen LogP contribution in [0.4, 0.5) is 0 Å². The fourth-order valence-corrected chi connectivity index (χ4v) is 1.54. The summed E-state index contributed by atoms with van der Waals surface area (Å²) in [5, 5.41) is 0. The minimum Gasteiger partial charge on any atom is -0.380 e. The lowest BCUT2D eigenvalue weighted by atomic mass is 9.76. The van der Waals surface area contributed by atoms with Gasteiger partial charge in [-0.3, -0.25) is 4.79 Å². The second-order valence-electron chi connectivity index (χ2n) is 3.38. The fourth-order valence-electron chi connectivity index (χ4n) is 1.54. The quantitative estimate of drug-likeness (QED) is 0.623. The third kappa shape index (κ3) is 1.37. The number of primary amides is 1. The summed E-state index contributed by atoms with van der Waals surface area (Å²) in [7, 11) is 0. The molecule has 0 aromatic rings. The lowest BCUT2D eigenvalue weighted by Crippen LogP contribution is -2.44. The van der Waals surface area contributed by atoms with E-state index in [2.05, 4.69) is 6.58 Å². The minimum atomic E-state index is -0.599. The minimum absolute atomic E-state index is 0.310. The molecular weight excluding hydrogens is 154 g/mol. The first kappa shape index (κ1) is 9.26. The van der Waals surface area contributed by atoms with E-state index in [0.717, 1.165) is 25.0 Å². The summed E-state index contributed by atoms with van der Waals surface area (Å²) < 4.78 is 5.25. The predicted molar refractivity (Wildman–Crippen MR) is 46.5 cm³/mol. The summed E-state index contributed by atoms with van der Waals surface area (Å²) in [6.45, 7) is 6.75. The molecular formula is C9H15NO2. The first-order valence-corrected chi connectivity index (χ1v) is 4.13. The van der Waals surface area contributed by atoms with Crippen molar-refractivity contribution in [1.29, 1.82) is 0 Å². The zero-order valence-corrected chi connectivity index (χ0v) is 7.43. The van der Waals surface area contributed by atoms with Crippen molar-refractivity contribution in [2.45, 2.75) is 19.8 Å². The summed E-state index contributed by atoms with van der Waals surface area (Å²) in [5.41, 5.74) is 5.54. The Balaban J connectivity index is 2.84. The van der Waals surface area contributed by atoms with E-state index in [0.29, 0.717) is 6.61 Å². The number of carbonyl (C=O) groups is 1. The van der Waals surface area contributed by atoms with Gasteiger partial charge >= 0.3 is 0 Å². The fraction of sp³-hybridized carbons (Fsp3) is 0.667. The molecule has 1 fully saturated rings. The van der Waals surface area contributed by atoms with Crippen molar-refractivity contribution in [2.24, 2.45) is 11.1 Å². The number of carbonyl (C=O) groups excluding carboxylic acids is 1. The molecule has 1 aliphatic rings. The van der Waals surface area contributed by atoms with E-state index < -0.39 is 5.41 Å². The number of hydrogen-bond donors (Lipinski definition) is 1. The van der Waals surface area contributed by atoms with Crippen LogP contribution in [0.1, 0.15) is 19.8 Å². The molecule has 1 saturated heterocycles. The number of amides is 1. The molecule has 0 aromatic carbocycles. The second kappa shape index (κ2) is 3.27. The molecule has 3 nitrogen and oxygen atoms in total. The van der Waals surface area contributed by atoms with Gasteiger partial charge < -0.3 is 10.5 Å². The summed E-state index contributed by atoms with van der Waals surface area (Å²) in [6.07, 6.45) is 1.66. The van der Waals surface area contributed by atoms with Crippen molar-refractivity contribution in [3.63, 3.8) is 0 Å². The van der Waals surface area contributed by atoms with Crippen LogP contribution in [-0.4, -0.2) is 19.1 Å². The predicted octanol–water partition coefficient (Wildman–Crippen LogP) is 0.845. The van der Waals surface area contributed by atoms with Gasteiger partial charge in [0, 0.05) is 6.61 Å². The monoisotopic (exact) mass is 169 g/mol. The summed E-state index contributed by atoms with van der Waals surface area (Å²) >= 11 is 0. The highest BCUT2D eigenvalue weighted by Crippen LogP contribution is 2.34. The summed E-state index contributed by atoms with van der Waals surface area (Å²) in [4.78, 5) is 11.2.